The van der Waals surface area contributed by atoms with Crippen molar-refractivity contribution in [3.05, 3.63) is 10.4 Å². The zero-order chi connectivity index (χ0) is 37.4. The summed E-state index contributed by atoms with van der Waals surface area (Å²) in [5.74, 6) is -1.93. The van der Waals surface area contributed by atoms with Crippen molar-refractivity contribution >= 4 is 29.5 Å². The molecule has 0 heterocycles. The lowest BCUT2D eigenvalue weighted by atomic mass is 10.3. The van der Waals surface area contributed by atoms with Gasteiger partial charge in [0, 0.05) is 99.0 Å². The Morgan fingerprint density at radius 2 is 0.920 bits per heavy atom. The maximum atomic E-state index is 12.5. The number of amides is 5. The molecular formula is C31H59N9O10. The van der Waals surface area contributed by atoms with E-state index in [-0.39, 0.29) is 51.1 Å². The van der Waals surface area contributed by atoms with E-state index >= 15 is 0 Å². The molecule has 0 bridgehead atoms. The van der Waals surface area contributed by atoms with E-state index in [1.807, 2.05) is 0 Å². The van der Waals surface area contributed by atoms with Crippen molar-refractivity contribution < 1.29 is 47.7 Å². The lowest BCUT2D eigenvalue weighted by Crippen LogP contribution is -2.48. The molecule has 0 fully saturated rings. The second-order valence-corrected chi connectivity index (χ2v) is 11.3. The van der Waals surface area contributed by atoms with Gasteiger partial charge in [0.25, 0.3) is 0 Å². The van der Waals surface area contributed by atoms with Gasteiger partial charge in [-0.05, 0) is 38.3 Å². The van der Waals surface area contributed by atoms with Crippen LogP contribution in [0.3, 0.4) is 0 Å². The Morgan fingerprint density at radius 3 is 1.32 bits per heavy atom. The lowest BCUT2D eigenvalue weighted by Gasteiger charge is -2.25. The number of nitrogens with one attached hydrogen (secondary N) is 2. The Bertz CT molecular complexity index is 1020. The number of ether oxygens (including phenoxy) is 5. The second kappa shape index (κ2) is 31.4. The molecule has 0 atom stereocenters. The van der Waals surface area contributed by atoms with Gasteiger partial charge in [0.2, 0.25) is 29.5 Å². The molecule has 0 aromatic heterocycles. The summed E-state index contributed by atoms with van der Waals surface area (Å²) in [4.78, 5) is 69.0. The van der Waals surface area contributed by atoms with Crippen LogP contribution < -0.4 is 10.6 Å². The fraction of sp³-hybridized carbons (Fsp3) is 0.839. The van der Waals surface area contributed by atoms with Crippen LogP contribution in [0.4, 0.5) is 0 Å². The van der Waals surface area contributed by atoms with Gasteiger partial charge in [0.15, 0.2) is 0 Å². The van der Waals surface area contributed by atoms with E-state index in [4.69, 9.17) is 29.2 Å². The number of carbonyl (C=O) groups is 5. The number of carbonyl (C=O) groups excluding carboxylic acids is 5. The van der Waals surface area contributed by atoms with Crippen molar-refractivity contribution in [1.29, 1.82) is 0 Å². The van der Waals surface area contributed by atoms with Gasteiger partial charge in [-0.15, -0.1) is 0 Å². The molecule has 0 aliphatic rings. The predicted octanol–water partition coefficient (Wildman–Crippen LogP) is -0.891. The molecule has 0 aliphatic heterocycles. The van der Waals surface area contributed by atoms with Gasteiger partial charge in [-0.25, -0.2) is 0 Å². The topological polar surface area (TPSA) is 217 Å². The van der Waals surface area contributed by atoms with Crippen LogP contribution in [0.2, 0.25) is 0 Å². The van der Waals surface area contributed by atoms with Gasteiger partial charge in [-0.3, -0.25) is 24.0 Å². The Hall–Kier alpha value is -3.58. The number of hydrogen-bond donors (Lipinski definition) is 2. The highest BCUT2D eigenvalue weighted by molar-refractivity contribution is 5.91. The first-order valence-electron chi connectivity index (χ1n) is 16.8. The van der Waals surface area contributed by atoms with Crippen LogP contribution in [0.15, 0.2) is 5.11 Å². The van der Waals surface area contributed by atoms with Crippen LogP contribution in [0.25, 0.3) is 10.4 Å². The monoisotopic (exact) mass is 717 g/mol. The summed E-state index contributed by atoms with van der Waals surface area (Å²) in [5, 5.41) is 8.80. The fourth-order valence-electron chi connectivity index (χ4n) is 3.86. The van der Waals surface area contributed by atoms with Crippen molar-refractivity contribution in [1.82, 2.24) is 30.2 Å². The molecule has 5 amide bonds. The molecule has 50 heavy (non-hydrogen) atoms. The van der Waals surface area contributed by atoms with Crippen molar-refractivity contribution in [2.45, 2.75) is 25.7 Å². The van der Waals surface area contributed by atoms with Crippen LogP contribution in [0, 0.1) is 0 Å². The standard InChI is InChI=1S/C31H59N9O10/c1-33-22-28(42)38(3)24-30(44)40(5)26-31(45)39(4)25-29(43)37(2)23-27(41)34-10-20-49-18-8-16-47-14-6-12-46-13-7-15-48-17-9-19-50-21-11-35-36-32/h33H,6-26H2,1-5H3,(H,34,41). The molecule has 0 radical (unpaired) electrons. The number of nitrogens with zero attached hydrogens (tertiary/aromatic N) is 7. The van der Waals surface area contributed by atoms with Crippen LogP contribution in [-0.2, 0) is 47.7 Å². The number of hydrogen-bond acceptors (Lipinski definition) is 12. The average Bonchev–Trinajstić information content (AvgIpc) is 3.08. The highest BCUT2D eigenvalue weighted by atomic mass is 16.5. The van der Waals surface area contributed by atoms with Gasteiger partial charge in [0.05, 0.1) is 45.9 Å². The minimum Gasteiger partial charge on any atom is -0.381 e. The highest BCUT2D eigenvalue weighted by Crippen LogP contribution is 1.97. The Kier molecular flexibility index (Phi) is 29.2. The normalized spacial score (nSPS) is 10.7. The molecule has 0 spiro atoms. The molecular weight excluding hydrogens is 658 g/mol. The molecule has 0 rings (SSSR count). The molecule has 0 saturated heterocycles. The molecule has 0 aromatic rings. The van der Waals surface area contributed by atoms with E-state index in [0.29, 0.717) is 79.0 Å². The van der Waals surface area contributed by atoms with Crippen molar-refractivity contribution in [3.63, 3.8) is 0 Å². The summed E-state index contributed by atoms with van der Waals surface area (Å²) >= 11 is 0. The van der Waals surface area contributed by atoms with E-state index in [1.54, 1.807) is 7.05 Å². The summed E-state index contributed by atoms with van der Waals surface area (Å²) in [6.07, 6.45) is 3.12. The zero-order valence-electron chi connectivity index (χ0n) is 30.6. The molecule has 0 saturated carbocycles. The van der Waals surface area contributed by atoms with E-state index in [9.17, 15) is 24.0 Å². The van der Waals surface area contributed by atoms with E-state index in [2.05, 4.69) is 20.7 Å². The molecule has 0 aliphatic carbocycles. The third-order valence-corrected chi connectivity index (χ3v) is 6.81. The first kappa shape index (κ1) is 46.4. The summed E-state index contributed by atoms with van der Waals surface area (Å²) in [5.41, 5.74) is 8.16. The molecule has 2 N–H and O–H groups in total. The smallest absolute Gasteiger partial charge is 0.242 e. The molecule has 0 aromatic carbocycles. The average molecular weight is 718 g/mol. The SMILES string of the molecule is CNCC(=O)N(C)CC(=O)N(C)CC(=O)N(C)CC(=O)N(C)CC(=O)NCCOCCCOCCCOCCCOCCCOCCN=[N+]=[N-]. The number of likely N-dealkylation sites (N-methyl/N-ethyl adjacent to an activating group) is 5. The molecule has 288 valence electrons. The summed E-state index contributed by atoms with van der Waals surface area (Å²) in [6, 6.07) is 0. The van der Waals surface area contributed by atoms with Gasteiger partial charge >= 0.3 is 0 Å². The Morgan fingerprint density at radius 1 is 0.560 bits per heavy atom. The minimum absolute atomic E-state index is 0.0916. The van der Waals surface area contributed by atoms with Gasteiger partial charge in [0.1, 0.15) is 0 Å². The van der Waals surface area contributed by atoms with Crippen molar-refractivity contribution in [2.75, 3.05) is 147 Å². The third-order valence-electron chi connectivity index (χ3n) is 6.81. The first-order valence-corrected chi connectivity index (χ1v) is 16.8. The van der Waals surface area contributed by atoms with Crippen LogP contribution in [-0.4, -0.2) is 196 Å². The predicted molar refractivity (Wildman–Crippen MR) is 184 cm³/mol. The quantitative estimate of drug-likeness (QED) is 0.0377. The Balaban J connectivity index is 3.75. The highest BCUT2D eigenvalue weighted by Gasteiger charge is 2.22. The molecule has 19 nitrogen and oxygen atoms in total. The van der Waals surface area contributed by atoms with E-state index in [1.165, 1.54) is 47.8 Å². The maximum absolute atomic E-state index is 12.5. The fourth-order valence-corrected chi connectivity index (χ4v) is 3.86. The number of azide groups is 1. The van der Waals surface area contributed by atoms with Gasteiger partial charge in [-0.2, -0.15) is 0 Å². The first-order chi connectivity index (χ1) is 24.0. The minimum atomic E-state index is -0.460. The lowest BCUT2D eigenvalue weighted by molar-refractivity contribution is -0.144. The van der Waals surface area contributed by atoms with Crippen LogP contribution in [0.5, 0.6) is 0 Å². The summed E-state index contributed by atoms with van der Waals surface area (Å²) < 4.78 is 27.5. The Labute approximate surface area is 295 Å². The second-order valence-electron chi connectivity index (χ2n) is 11.3. The van der Waals surface area contributed by atoms with Crippen molar-refractivity contribution in [2.24, 2.45) is 5.11 Å². The van der Waals surface area contributed by atoms with E-state index in [0.717, 1.165) is 19.3 Å². The molecule has 19 heteroatoms. The summed E-state index contributed by atoms with van der Waals surface area (Å²) in [6.45, 7) is 5.28. The third kappa shape index (κ3) is 26.3. The summed E-state index contributed by atoms with van der Waals surface area (Å²) in [7, 11) is 7.47. The maximum Gasteiger partial charge on any atom is 0.242 e. The van der Waals surface area contributed by atoms with Crippen LogP contribution in [0.1, 0.15) is 25.7 Å². The largest absolute Gasteiger partial charge is 0.381 e. The van der Waals surface area contributed by atoms with Gasteiger partial charge < -0.3 is 53.9 Å². The van der Waals surface area contributed by atoms with Crippen molar-refractivity contribution in [3.8, 4) is 0 Å². The van der Waals surface area contributed by atoms with E-state index < -0.39 is 17.7 Å². The number of rotatable bonds is 32. The van der Waals surface area contributed by atoms with Crippen LogP contribution >= 0.6 is 0 Å². The van der Waals surface area contributed by atoms with Gasteiger partial charge in [-0.1, -0.05) is 5.11 Å². The molecule has 0 unspecified atom stereocenters. The zero-order valence-corrected chi connectivity index (χ0v) is 30.6.